The predicted molar refractivity (Wildman–Crippen MR) is 119 cm³/mol. The number of ether oxygens (including phenoxy) is 2. The number of anilines is 1. The zero-order chi connectivity index (χ0) is 22.1. The highest BCUT2D eigenvalue weighted by Crippen LogP contribution is 2.29. The Morgan fingerprint density at radius 1 is 0.903 bits per heavy atom. The summed E-state index contributed by atoms with van der Waals surface area (Å²) < 4.78 is 11.5. The summed E-state index contributed by atoms with van der Waals surface area (Å²) in [6.45, 7) is 5.02. The molecule has 0 atom stereocenters. The lowest BCUT2D eigenvalue weighted by Gasteiger charge is -2.14. The normalized spacial score (nSPS) is 10.3. The van der Waals surface area contributed by atoms with Crippen molar-refractivity contribution in [1.29, 1.82) is 0 Å². The van der Waals surface area contributed by atoms with E-state index in [-0.39, 0.29) is 11.8 Å². The van der Waals surface area contributed by atoms with Crippen molar-refractivity contribution in [3.05, 3.63) is 83.7 Å². The summed E-state index contributed by atoms with van der Waals surface area (Å²) >= 11 is 0. The number of pyridine rings is 1. The Labute approximate surface area is 181 Å². The molecule has 2 aromatic carbocycles. The third kappa shape index (κ3) is 6.05. The smallest absolute Gasteiger partial charge is 0.255 e. The Bertz CT molecular complexity index is 1040. The van der Waals surface area contributed by atoms with E-state index in [0.29, 0.717) is 48.1 Å². The van der Waals surface area contributed by atoms with Gasteiger partial charge < -0.3 is 20.1 Å². The minimum Gasteiger partial charge on any atom is -0.490 e. The lowest BCUT2D eigenvalue weighted by molar-refractivity contribution is 0.0954. The summed E-state index contributed by atoms with van der Waals surface area (Å²) in [6, 6.07) is 15.6. The van der Waals surface area contributed by atoms with E-state index in [1.807, 2.05) is 26.0 Å². The van der Waals surface area contributed by atoms with Gasteiger partial charge in [-0.05, 0) is 56.3 Å². The molecule has 0 fully saturated rings. The quantitative estimate of drug-likeness (QED) is 0.546. The number of benzene rings is 2. The molecule has 0 saturated carbocycles. The van der Waals surface area contributed by atoms with Crippen LogP contribution in [-0.4, -0.2) is 29.9 Å². The second kappa shape index (κ2) is 10.8. The molecule has 1 aromatic heterocycles. The molecule has 31 heavy (non-hydrogen) atoms. The van der Waals surface area contributed by atoms with E-state index in [9.17, 15) is 9.59 Å². The second-order valence-corrected chi connectivity index (χ2v) is 6.64. The lowest BCUT2D eigenvalue weighted by Crippen LogP contribution is -2.22. The van der Waals surface area contributed by atoms with Crippen LogP contribution < -0.4 is 20.1 Å². The Kier molecular flexibility index (Phi) is 7.59. The number of hydrogen-bond acceptors (Lipinski definition) is 5. The predicted octanol–water partition coefficient (Wildman–Crippen LogP) is 4.06. The third-order valence-electron chi connectivity index (χ3n) is 4.34. The Morgan fingerprint density at radius 3 is 2.48 bits per heavy atom. The van der Waals surface area contributed by atoms with Crippen molar-refractivity contribution < 1.29 is 19.1 Å². The number of nitrogens with zero attached hydrogens (tertiary/aromatic N) is 1. The summed E-state index contributed by atoms with van der Waals surface area (Å²) in [5, 5.41) is 5.56. The molecule has 0 saturated heterocycles. The Morgan fingerprint density at radius 2 is 1.74 bits per heavy atom. The van der Waals surface area contributed by atoms with Crippen LogP contribution >= 0.6 is 0 Å². The molecule has 7 heteroatoms. The van der Waals surface area contributed by atoms with Crippen molar-refractivity contribution in [3.63, 3.8) is 0 Å². The molecule has 0 bridgehead atoms. The number of hydrogen-bond donors (Lipinski definition) is 2. The van der Waals surface area contributed by atoms with Crippen LogP contribution in [-0.2, 0) is 6.61 Å². The summed E-state index contributed by atoms with van der Waals surface area (Å²) in [7, 11) is 0. The fourth-order valence-corrected chi connectivity index (χ4v) is 2.89. The average Bonchev–Trinajstić information content (AvgIpc) is 2.79. The van der Waals surface area contributed by atoms with Crippen molar-refractivity contribution in [3.8, 4) is 11.5 Å². The van der Waals surface area contributed by atoms with E-state index in [4.69, 9.17) is 9.47 Å². The van der Waals surface area contributed by atoms with Gasteiger partial charge in [0.05, 0.1) is 6.61 Å². The van der Waals surface area contributed by atoms with Gasteiger partial charge in [0.1, 0.15) is 6.61 Å². The summed E-state index contributed by atoms with van der Waals surface area (Å²) in [6.07, 6.45) is 3.44. The van der Waals surface area contributed by atoms with Crippen LogP contribution in [0.5, 0.6) is 11.5 Å². The van der Waals surface area contributed by atoms with Crippen LogP contribution in [0.25, 0.3) is 0 Å². The van der Waals surface area contributed by atoms with Gasteiger partial charge in [0.25, 0.3) is 11.8 Å². The fraction of sp³-hybridized carbons (Fsp3) is 0.208. The number of nitrogens with one attached hydrogen (secondary N) is 2. The van der Waals surface area contributed by atoms with Crippen molar-refractivity contribution >= 4 is 17.5 Å². The van der Waals surface area contributed by atoms with Crippen LogP contribution in [0.4, 0.5) is 5.69 Å². The first-order valence-electron chi connectivity index (χ1n) is 10.1. The maximum absolute atomic E-state index is 12.8. The van der Waals surface area contributed by atoms with Gasteiger partial charge in [0, 0.05) is 41.3 Å². The van der Waals surface area contributed by atoms with Gasteiger partial charge in [-0.2, -0.15) is 0 Å². The van der Waals surface area contributed by atoms with Gasteiger partial charge in [0.2, 0.25) is 0 Å². The highest BCUT2D eigenvalue weighted by atomic mass is 16.5. The molecule has 0 aliphatic carbocycles. The highest BCUT2D eigenvalue weighted by Gasteiger charge is 2.13. The minimum absolute atomic E-state index is 0.188. The number of carbonyl (C=O) groups excluding carboxylic acids is 2. The Balaban J connectivity index is 1.73. The second-order valence-electron chi connectivity index (χ2n) is 6.64. The first kappa shape index (κ1) is 21.8. The van der Waals surface area contributed by atoms with E-state index < -0.39 is 0 Å². The first-order valence-corrected chi connectivity index (χ1v) is 10.1. The molecule has 0 radical (unpaired) electrons. The maximum atomic E-state index is 12.8. The van der Waals surface area contributed by atoms with Gasteiger partial charge in [-0.3, -0.25) is 14.6 Å². The summed E-state index contributed by atoms with van der Waals surface area (Å²) in [5.41, 5.74) is 2.36. The zero-order valence-corrected chi connectivity index (χ0v) is 17.6. The molecule has 1 heterocycles. The van der Waals surface area contributed by atoms with E-state index in [1.54, 1.807) is 54.9 Å². The SMILES string of the molecule is CCNC(=O)c1cccc(NC(=O)c2ccc(OCc3cccnc3)c(OCC)c2)c1. The molecule has 0 unspecified atom stereocenters. The van der Waals surface area contributed by atoms with E-state index in [0.717, 1.165) is 5.56 Å². The zero-order valence-electron chi connectivity index (χ0n) is 17.6. The fourth-order valence-electron chi connectivity index (χ4n) is 2.89. The average molecular weight is 419 g/mol. The van der Waals surface area contributed by atoms with E-state index >= 15 is 0 Å². The standard InChI is InChI=1S/C24H25N3O4/c1-3-26-23(28)18-8-5-9-20(13-18)27-24(29)19-10-11-21(22(14-19)30-4-2)31-16-17-7-6-12-25-15-17/h5-15H,3-4,16H2,1-2H3,(H,26,28)(H,27,29). The number of rotatable bonds is 9. The number of amides is 2. The molecule has 160 valence electrons. The van der Waals surface area contributed by atoms with Crippen LogP contribution in [0.15, 0.2) is 67.0 Å². The van der Waals surface area contributed by atoms with Crippen molar-refractivity contribution in [2.24, 2.45) is 0 Å². The summed E-state index contributed by atoms with van der Waals surface area (Å²) in [5.74, 6) is 0.524. The van der Waals surface area contributed by atoms with E-state index in [2.05, 4.69) is 15.6 Å². The van der Waals surface area contributed by atoms with Crippen LogP contribution in [0.1, 0.15) is 40.1 Å². The van der Waals surface area contributed by atoms with Gasteiger partial charge >= 0.3 is 0 Å². The van der Waals surface area contributed by atoms with Crippen LogP contribution in [0.2, 0.25) is 0 Å². The largest absolute Gasteiger partial charge is 0.490 e. The molecule has 0 aliphatic rings. The van der Waals surface area contributed by atoms with Gasteiger partial charge in [-0.15, -0.1) is 0 Å². The molecular weight excluding hydrogens is 394 g/mol. The van der Waals surface area contributed by atoms with Gasteiger partial charge in [0.15, 0.2) is 11.5 Å². The molecule has 3 aromatic rings. The third-order valence-corrected chi connectivity index (χ3v) is 4.34. The topological polar surface area (TPSA) is 89.6 Å². The van der Waals surface area contributed by atoms with Crippen molar-refractivity contribution in [1.82, 2.24) is 10.3 Å². The number of aromatic nitrogens is 1. The summed E-state index contributed by atoms with van der Waals surface area (Å²) in [4.78, 5) is 28.8. The van der Waals surface area contributed by atoms with Crippen LogP contribution in [0, 0.1) is 0 Å². The monoisotopic (exact) mass is 419 g/mol. The number of carbonyl (C=O) groups is 2. The molecule has 3 rings (SSSR count). The molecule has 2 amide bonds. The molecule has 0 spiro atoms. The van der Waals surface area contributed by atoms with Crippen LogP contribution in [0.3, 0.4) is 0 Å². The molecule has 0 aliphatic heterocycles. The molecular formula is C24H25N3O4. The maximum Gasteiger partial charge on any atom is 0.255 e. The lowest BCUT2D eigenvalue weighted by atomic mass is 10.1. The minimum atomic E-state index is -0.312. The van der Waals surface area contributed by atoms with Gasteiger partial charge in [-0.25, -0.2) is 0 Å². The van der Waals surface area contributed by atoms with E-state index in [1.165, 1.54) is 0 Å². The molecule has 7 nitrogen and oxygen atoms in total. The Hall–Kier alpha value is -3.87. The molecule has 2 N–H and O–H groups in total. The van der Waals surface area contributed by atoms with Crippen molar-refractivity contribution in [2.75, 3.05) is 18.5 Å². The van der Waals surface area contributed by atoms with Crippen molar-refractivity contribution in [2.45, 2.75) is 20.5 Å². The highest BCUT2D eigenvalue weighted by molar-refractivity contribution is 6.05. The first-order chi connectivity index (χ1) is 15.1. The van der Waals surface area contributed by atoms with Gasteiger partial charge in [-0.1, -0.05) is 12.1 Å².